The SMILES string of the molecule is COC[C@@H]1C[C@H](COC)CN(CCN2CCN(C(=O)c3cc(C(F)(F)F)cc(C(F)(F)F)c3)[C@H](Cc3ccc(C(F)(F)F)cc3)C2)C1. The molecule has 2 aromatic rings. The monoisotopic (exact) mass is 683 g/mol. The van der Waals surface area contributed by atoms with Crippen LogP contribution in [-0.4, -0.2) is 99.9 Å². The molecule has 0 N–H and O–H groups in total. The van der Waals surface area contributed by atoms with Gasteiger partial charge in [-0.25, -0.2) is 0 Å². The average molecular weight is 684 g/mol. The lowest BCUT2D eigenvalue weighted by Crippen LogP contribution is -2.57. The summed E-state index contributed by atoms with van der Waals surface area (Å²) in [5, 5.41) is 0. The summed E-state index contributed by atoms with van der Waals surface area (Å²) in [7, 11) is 3.29. The molecule has 3 atom stereocenters. The van der Waals surface area contributed by atoms with E-state index in [1.54, 1.807) is 14.2 Å². The Morgan fingerprint density at radius 1 is 0.702 bits per heavy atom. The first kappa shape index (κ1) is 36.9. The molecule has 262 valence electrons. The number of benzene rings is 2. The maximum Gasteiger partial charge on any atom is 0.416 e. The second-order valence-corrected chi connectivity index (χ2v) is 12.3. The number of likely N-dealkylation sites (tertiary alicyclic amines) is 1. The molecule has 0 spiro atoms. The van der Waals surface area contributed by atoms with Crippen LogP contribution in [0.25, 0.3) is 0 Å². The smallest absolute Gasteiger partial charge is 0.384 e. The molecule has 0 radical (unpaired) electrons. The summed E-state index contributed by atoms with van der Waals surface area (Å²) in [6.07, 6.45) is -13.8. The van der Waals surface area contributed by atoms with Crippen LogP contribution in [0.2, 0.25) is 0 Å². The summed E-state index contributed by atoms with van der Waals surface area (Å²) in [6, 6.07) is 4.35. The lowest BCUT2D eigenvalue weighted by molar-refractivity contribution is -0.143. The standard InChI is InChI=1S/C32H38F9N3O3/c1-46-19-22-11-23(20-47-2)17-43(16-22)8-7-42-9-10-44(28(18-42)12-21-3-5-25(6-4-21)30(33,34)35)29(45)24-13-26(31(36,37)38)15-27(14-24)32(39,40)41/h3-6,13-15,22-23,28H,7-12,16-20H2,1-2H3/t22-,23+,28-/m1/s1. The second kappa shape index (κ2) is 15.1. The van der Waals surface area contributed by atoms with Gasteiger partial charge in [-0.05, 0) is 60.6 Å². The predicted molar refractivity (Wildman–Crippen MR) is 155 cm³/mol. The quantitative estimate of drug-likeness (QED) is 0.274. The van der Waals surface area contributed by atoms with Gasteiger partial charge in [0.15, 0.2) is 0 Å². The van der Waals surface area contributed by atoms with Gasteiger partial charge >= 0.3 is 18.5 Å². The number of carbonyl (C=O) groups is 1. The summed E-state index contributed by atoms with van der Waals surface area (Å²) < 4.78 is 131. The predicted octanol–water partition coefficient (Wildman–Crippen LogP) is 6.34. The largest absolute Gasteiger partial charge is 0.416 e. The molecule has 0 unspecified atom stereocenters. The van der Waals surface area contributed by atoms with Crippen molar-refractivity contribution in [3.8, 4) is 0 Å². The third-order valence-electron chi connectivity index (χ3n) is 8.65. The van der Waals surface area contributed by atoms with E-state index in [1.807, 2.05) is 0 Å². The van der Waals surface area contributed by atoms with Gasteiger partial charge in [0.25, 0.3) is 5.91 Å². The van der Waals surface area contributed by atoms with E-state index in [1.165, 1.54) is 17.0 Å². The van der Waals surface area contributed by atoms with Gasteiger partial charge in [-0.15, -0.1) is 0 Å². The molecule has 0 bridgehead atoms. The zero-order valence-electron chi connectivity index (χ0n) is 26.0. The number of methoxy groups -OCH3 is 2. The lowest BCUT2D eigenvalue weighted by Gasteiger charge is -2.43. The van der Waals surface area contributed by atoms with E-state index in [0.717, 1.165) is 31.6 Å². The number of nitrogens with zero attached hydrogens (tertiary/aromatic N) is 3. The highest BCUT2D eigenvalue weighted by molar-refractivity contribution is 5.95. The van der Waals surface area contributed by atoms with Crippen molar-refractivity contribution in [2.45, 2.75) is 37.4 Å². The Bertz CT molecular complexity index is 1290. The number of ether oxygens (including phenoxy) is 2. The Morgan fingerprint density at radius 2 is 1.21 bits per heavy atom. The van der Waals surface area contributed by atoms with Crippen molar-refractivity contribution in [1.29, 1.82) is 0 Å². The molecular formula is C32H38F9N3O3. The number of hydrogen-bond donors (Lipinski definition) is 0. The highest BCUT2D eigenvalue weighted by Gasteiger charge is 2.39. The molecule has 2 saturated heterocycles. The van der Waals surface area contributed by atoms with Gasteiger partial charge in [-0.1, -0.05) is 12.1 Å². The van der Waals surface area contributed by atoms with Crippen LogP contribution < -0.4 is 0 Å². The third-order valence-corrected chi connectivity index (χ3v) is 8.65. The van der Waals surface area contributed by atoms with Crippen molar-refractivity contribution in [1.82, 2.24) is 14.7 Å². The van der Waals surface area contributed by atoms with Crippen LogP contribution in [-0.2, 0) is 34.4 Å². The molecular weight excluding hydrogens is 645 g/mol. The second-order valence-electron chi connectivity index (χ2n) is 12.3. The van der Waals surface area contributed by atoms with Crippen molar-refractivity contribution in [2.24, 2.45) is 11.8 Å². The molecule has 1 amide bonds. The Hall–Kier alpha value is -2.88. The number of piperazine rings is 1. The number of piperidine rings is 1. The Kier molecular flexibility index (Phi) is 11.9. The molecule has 0 saturated carbocycles. The topological polar surface area (TPSA) is 45.3 Å². The van der Waals surface area contributed by atoms with E-state index in [-0.39, 0.29) is 25.6 Å². The number of rotatable bonds is 10. The Labute approximate surface area is 267 Å². The zero-order chi connectivity index (χ0) is 34.6. The molecule has 4 rings (SSSR count). The van der Waals surface area contributed by atoms with Gasteiger partial charge in [0.2, 0.25) is 0 Å². The molecule has 2 fully saturated rings. The van der Waals surface area contributed by atoms with Crippen LogP contribution in [0.4, 0.5) is 39.5 Å². The van der Waals surface area contributed by atoms with Gasteiger partial charge in [-0.2, -0.15) is 39.5 Å². The van der Waals surface area contributed by atoms with Gasteiger partial charge in [0, 0.05) is 71.6 Å². The van der Waals surface area contributed by atoms with E-state index < -0.39 is 52.7 Å². The first-order chi connectivity index (χ1) is 22.0. The number of amides is 1. The highest BCUT2D eigenvalue weighted by Crippen LogP contribution is 2.37. The molecule has 6 nitrogen and oxygen atoms in total. The summed E-state index contributed by atoms with van der Waals surface area (Å²) >= 11 is 0. The highest BCUT2D eigenvalue weighted by atomic mass is 19.4. The maximum atomic E-state index is 13.6. The molecule has 0 aromatic heterocycles. The molecule has 15 heteroatoms. The van der Waals surface area contributed by atoms with Crippen molar-refractivity contribution >= 4 is 5.91 Å². The minimum Gasteiger partial charge on any atom is -0.384 e. The van der Waals surface area contributed by atoms with Crippen LogP contribution >= 0.6 is 0 Å². The number of halogens is 9. The van der Waals surface area contributed by atoms with Crippen LogP contribution in [0.5, 0.6) is 0 Å². The van der Waals surface area contributed by atoms with E-state index >= 15 is 0 Å². The number of hydrogen-bond acceptors (Lipinski definition) is 5. The lowest BCUT2D eigenvalue weighted by atomic mass is 9.90. The van der Waals surface area contributed by atoms with Crippen LogP contribution in [0.1, 0.15) is 39.0 Å². The van der Waals surface area contributed by atoms with Crippen molar-refractivity contribution in [2.75, 3.05) is 73.2 Å². The van der Waals surface area contributed by atoms with Crippen LogP contribution in [0.15, 0.2) is 42.5 Å². The van der Waals surface area contributed by atoms with E-state index in [0.29, 0.717) is 62.4 Å². The first-order valence-electron chi connectivity index (χ1n) is 15.2. The maximum absolute atomic E-state index is 13.6. The number of alkyl halides is 9. The fourth-order valence-corrected chi connectivity index (χ4v) is 6.51. The minimum atomic E-state index is -5.13. The van der Waals surface area contributed by atoms with Gasteiger partial charge in [0.1, 0.15) is 0 Å². The molecule has 47 heavy (non-hydrogen) atoms. The molecule has 2 aromatic carbocycles. The van der Waals surface area contributed by atoms with Gasteiger partial charge in [-0.3, -0.25) is 9.69 Å². The summed E-state index contributed by atoms with van der Waals surface area (Å²) in [5.41, 5.74) is -4.41. The third kappa shape index (κ3) is 10.1. The van der Waals surface area contributed by atoms with E-state index in [9.17, 15) is 44.3 Å². The first-order valence-corrected chi connectivity index (χ1v) is 15.2. The summed E-state index contributed by atoms with van der Waals surface area (Å²) in [4.78, 5) is 19.2. The van der Waals surface area contributed by atoms with Gasteiger partial charge in [0.05, 0.1) is 29.9 Å². The Morgan fingerprint density at radius 3 is 1.70 bits per heavy atom. The molecule has 0 aliphatic carbocycles. The van der Waals surface area contributed by atoms with Crippen molar-refractivity contribution < 1.29 is 53.8 Å². The fraction of sp³-hybridized carbons (Fsp3) is 0.594. The van der Waals surface area contributed by atoms with Crippen molar-refractivity contribution in [3.05, 3.63) is 70.3 Å². The van der Waals surface area contributed by atoms with Crippen LogP contribution in [0.3, 0.4) is 0 Å². The molecule has 2 heterocycles. The van der Waals surface area contributed by atoms with E-state index in [2.05, 4.69) is 9.80 Å². The van der Waals surface area contributed by atoms with Gasteiger partial charge < -0.3 is 19.3 Å². The summed E-state index contributed by atoms with van der Waals surface area (Å²) in [5.74, 6) is -0.395. The normalized spacial score (nSPS) is 22.1. The zero-order valence-corrected chi connectivity index (χ0v) is 26.0. The molecule has 2 aliphatic heterocycles. The average Bonchev–Trinajstić information content (AvgIpc) is 2.99. The Balaban J connectivity index is 1.56. The minimum absolute atomic E-state index is 0.000328. The van der Waals surface area contributed by atoms with Crippen LogP contribution in [0, 0.1) is 11.8 Å². The summed E-state index contributed by atoms with van der Waals surface area (Å²) in [6.45, 7) is 4.54. The van der Waals surface area contributed by atoms with E-state index in [4.69, 9.17) is 9.47 Å². The number of carbonyl (C=O) groups excluding carboxylic acids is 1. The van der Waals surface area contributed by atoms with Crippen molar-refractivity contribution in [3.63, 3.8) is 0 Å². The molecule has 2 aliphatic rings. The fourth-order valence-electron chi connectivity index (χ4n) is 6.51.